The number of carbonyl (C=O) groups is 3. The number of aliphatic carboxylic acids is 1. The van der Waals surface area contributed by atoms with Gasteiger partial charge in [0.1, 0.15) is 6.61 Å². The van der Waals surface area contributed by atoms with E-state index in [1.807, 2.05) is 36.4 Å². The lowest BCUT2D eigenvalue weighted by atomic mass is 9.98. The summed E-state index contributed by atoms with van der Waals surface area (Å²) in [4.78, 5) is 38.8. The Hall–Kier alpha value is -4.14. The van der Waals surface area contributed by atoms with Gasteiger partial charge in [-0.1, -0.05) is 48.5 Å². The molecule has 2 aromatic carbocycles. The number of rotatable bonds is 5. The molecule has 1 saturated heterocycles. The molecule has 3 aromatic rings. The quantitative estimate of drug-likeness (QED) is 0.583. The maximum absolute atomic E-state index is 13.1. The van der Waals surface area contributed by atoms with Gasteiger partial charge < -0.3 is 14.7 Å². The lowest BCUT2D eigenvalue weighted by Gasteiger charge is -2.22. The van der Waals surface area contributed by atoms with E-state index < -0.39 is 29.9 Å². The smallest absolute Gasteiger partial charge is 0.411 e. The fourth-order valence-electron chi connectivity index (χ4n) is 5.17. The first kappa shape index (κ1) is 22.6. The molecule has 0 spiro atoms. The third kappa shape index (κ3) is 4.03. The second kappa shape index (κ2) is 8.90. The lowest BCUT2D eigenvalue weighted by molar-refractivity contribution is -0.142. The molecule has 0 saturated carbocycles. The molecule has 5 rings (SSSR count). The molecule has 2 amide bonds. The second-order valence-corrected chi connectivity index (χ2v) is 8.99. The van der Waals surface area contributed by atoms with Crippen LogP contribution in [0.3, 0.4) is 0 Å². The molecule has 2 unspecified atom stereocenters. The van der Waals surface area contributed by atoms with Crippen molar-refractivity contribution in [2.75, 3.05) is 18.5 Å². The molecule has 9 nitrogen and oxygen atoms in total. The van der Waals surface area contributed by atoms with Gasteiger partial charge in [-0.2, -0.15) is 5.10 Å². The number of aryl methyl sites for hydroxylation is 1. The van der Waals surface area contributed by atoms with Crippen LogP contribution in [0.5, 0.6) is 0 Å². The van der Waals surface area contributed by atoms with Gasteiger partial charge in [-0.05, 0) is 35.6 Å². The summed E-state index contributed by atoms with van der Waals surface area (Å²) < 4.78 is 7.03. The molecule has 1 fully saturated rings. The van der Waals surface area contributed by atoms with Gasteiger partial charge in [-0.25, -0.2) is 4.79 Å². The highest BCUT2D eigenvalue weighted by atomic mass is 16.5. The second-order valence-electron chi connectivity index (χ2n) is 8.99. The van der Waals surface area contributed by atoms with Crippen LogP contribution in [-0.2, 0) is 16.6 Å². The van der Waals surface area contributed by atoms with E-state index in [4.69, 9.17) is 4.74 Å². The van der Waals surface area contributed by atoms with Crippen LogP contribution in [0.1, 0.15) is 40.9 Å². The van der Waals surface area contributed by atoms with Crippen molar-refractivity contribution in [1.29, 1.82) is 0 Å². The Kier molecular flexibility index (Phi) is 5.76. The van der Waals surface area contributed by atoms with Crippen molar-refractivity contribution in [3.63, 3.8) is 0 Å². The number of nitrogens with zero attached hydrogens (tertiary/aromatic N) is 3. The number of aromatic nitrogens is 2. The zero-order valence-corrected chi connectivity index (χ0v) is 19.5. The standard InChI is InChI=1S/C26H26N4O5/c1-15-16(25(32)33)11-12-30(15)24(31)23-22(13-29(2)28-23)27-26(34)35-14-21-19-9-5-3-7-17(19)18-8-4-6-10-20(18)21/h3-10,13,15-16,21H,11-12,14H2,1-2H3,(H,27,34)(H,32,33). The number of carboxylic acids is 1. The summed E-state index contributed by atoms with van der Waals surface area (Å²) in [6.07, 6.45) is 1.22. The summed E-state index contributed by atoms with van der Waals surface area (Å²) in [5, 5.41) is 16.2. The first-order chi connectivity index (χ1) is 16.8. The van der Waals surface area contributed by atoms with Crippen LogP contribution in [-0.4, -0.2) is 57.0 Å². The first-order valence-electron chi connectivity index (χ1n) is 11.5. The fourth-order valence-corrected chi connectivity index (χ4v) is 5.17. The minimum absolute atomic E-state index is 0.0545. The van der Waals surface area contributed by atoms with Crippen LogP contribution in [0.15, 0.2) is 54.7 Å². The molecular formula is C26H26N4O5. The van der Waals surface area contributed by atoms with Crippen LogP contribution < -0.4 is 5.32 Å². The van der Waals surface area contributed by atoms with E-state index in [9.17, 15) is 19.5 Å². The number of likely N-dealkylation sites (tertiary alicyclic amines) is 1. The van der Waals surface area contributed by atoms with Gasteiger partial charge in [-0.15, -0.1) is 0 Å². The van der Waals surface area contributed by atoms with Crippen molar-refractivity contribution in [2.45, 2.75) is 25.3 Å². The van der Waals surface area contributed by atoms with Gasteiger partial charge in [0, 0.05) is 31.7 Å². The minimum atomic E-state index is -0.925. The number of hydrogen-bond donors (Lipinski definition) is 2. The Morgan fingerprint density at radius 1 is 1.09 bits per heavy atom. The Bertz CT molecular complexity index is 1270. The molecule has 35 heavy (non-hydrogen) atoms. The van der Waals surface area contributed by atoms with Gasteiger partial charge in [0.25, 0.3) is 5.91 Å². The van der Waals surface area contributed by atoms with Crippen molar-refractivity contribution in [3.05, 3.63) is 71.5 Å². The molecule has 0 bridgehead atoms. The predicted molar refractivity (Wildman–Crippen MR) is 128 cm³/mol. The van der Waals surface area contributed by atoms with Crippen LogP contribution in [0.4, 0.5) is 10.5 Å². The largest absolute Gasteiger partial charge is 0.481 e. The topological polar surface area (TPSA) is 114 Å². The molecule has 1 aromatic heterocycles. The molecule has 180 valence electrons. The van der Waals surface area contributed by atoms with Gasteiger partial charge in [0.2, 0.25) is 0 Å². The number of ether oxygens (including phenoxy) is 1. The highest BCUT2D eigenvalue weighted by Crippen LogP contribution is 2.44. The van der Waals surface area contributed by atoms with Crippen LogP contribution >= 0.6 is 0 Å². The zero-order chi connectivity index (χ0) is 24.7. The Morgan fingerprint density at radius 2 is 1.71 bits per heavy atom. The van der Waals surface area contributed by atoms with Crippen LogP contribution in [0.2, 0.25) is 0 Å². The third-order valence-electron chi connectivity index (χ3n) is 6.94. The van der Waals surface area contributed by atoms with E-state index >= 15 is 0 Å². The summed E-state index contributed by atoms with van der Waals surface area (Å²) in [5.41, 5.74) is 4.76. The average Bonchev–Trinajstić information content (AvgIpc) is 3.50. The van der Waals surface area contributed by atoms with E-state index in [1.165, 1.54) is 15.8 Å². The normalized spacial score (nSPS) is 18.7. The van der Waals surface area contributed by atoms with E-state index in [1.54, 1.807) is 14.0 Å². The summed E-state index contributed by atoms with van der Waals surface area (Å²) in [6.45, 7) is 2.18. The number of amides is 2. The SMILES string of the molecule is CC1C(C(=O)O)CCN1C(=O)c1nn(C)cc1NC(=O)OCC1c2ccccc2-c2ccccc21. The summed E-state index contributed by atoms with van der Waals surface area (Å²) in [6, 6.07) is 15.7. The number of nitrogens with one attached hydrogen (secondary N) is 1. The van der Waals surface area contributed by atoms with Crippen molar-refractivity contribution in [1.82, 2.24) is 14.7 Å². The van der Waals surface area contributed by atoms with Gasteiger partial charge in [0.15, 0.2) is 5.69 Å². The number of fused-ring (bicyclic) bond motifs is 3. The third-order valence-corrected chi connectivity index (χ3v) is 6.94. The highest BCUT2D eigenvalue weighted by molar-refractivity contribution is 6.01. The van der Waals surface area contributed by atoms with E-state index in [2.05, 4.69) is 22.5 Å². The zero-order valence-electron chi connectivity index (χ0n) is 19.5. The Labute approximate surface area is 202 Å². The van der Waals surface area contributed by atoms with Gasteiger partial charge in [-0.3, -0.25) is 19.6 Å². The summed E-state index contributed by atoms with van der Waals surface area (Å²) in [5.74, 6) is -2.05. The molecule has 0 radical (unpaired) electrons. The number of anilines is 1. The van der Waals surface area contributed by atoms with Gasteiger partial charge >= 0.3 is 12.1 Å². The van der Waals surface area contributed by atoms with Crippen molar-refractivity contribution in [2.24, 2.45) is 13.0 Å². The number of carbonyl (C=O) groups excluding carboxylic acids is 2. The molecule has 1 aliphatic heterocycles. The van der Waals surface area contributed by atoms with Crippen molar-refractivity contribution in [3.8, 4) is 11.1 Å². The number of carboxylic acid groups (broad SMARTS) is 1. The van der Waals surface area contributed by atoms with Crippen LogP contribution in [0.25, 0.3) is 11.1 Å². The molecule has 1 aliphatic carbocycles. The van der Waals surface area contributed by atoms with Crippen LogP contribution in [0, 0.1) is 5.92 Å². The van der Waals surface area contributed by atoms with E-state index in [0.717, 1.165) is 22.3 Å². The maximum atomic E-state index is 13.1. The predicted octanol–water partition coefficient (Wildman–Crippen LogP) is 3.72. The van der Waals surface area contributed by atoms with E-state index in [0.29, 0.717) is 13.0 Å². The molecule has 9 heteroatoms. The highest BCUT2D eigenvalue weighted by Gasteiger charge is 2.40. The maximum Gasteiger partial charge on any atom is 0.411 e. The monoisotopic (exact) mass is 474 g/mol. The number of hydrogen-bond acceptors (Lipinski definition) is 5. The average molecular weight is 475 g/mol. The molecule has 2 aliphatic rings. The minimum Gasteiger partial charge on any atom is -0.481 e. The molecular weight excluding hydrogens is 448 g/mol. The van der Waals surface area contributed by atoms with E-state index in [-0.39, 0.29) is 23.9 Å². The number of benzene rings is 2. The van der Waals surface area contributed by atoms with Crippen molar-refractivity contribution >= 4 is 23.7 Å². The molecule has 2 heterocycles. The molecule has 2 N–H and O–H groups in total. The summed E-state index contributed by atoms with van der Waals surface area (Å²) in [7, 11) is 1.65. The van der Waals surface area contributed by atoms with Crippen molar-refractivity contribution < 1.29 is 24.2 Å². The first-order valence-corrected chi connectivity index (χ1v) is 11.5. The molecule has 2 atom stereocenters. The Balaban J connectivity index is 1.29. The fraction of sp³-hybridized carbons (Fsp3) is 0.308. The lowest BCUT2D eigenvalue weighted by Crippen LogP contribution is -2.38. The van der Waals surface area contributed by atoms with Gasteiger partial charge in [0.05, 0.1) is 11.6 Å². The summed E-state index contributed by atoms with van der Waals surface area (Å²) >= 11 is 0. The Morgan fingerprint density at radius 3 is 2.31 bits per heavy atom.